The molecule has 1 aliphatic carbocycles. The molecule has 2 aromatic heterocycles. The van der Waals surface area contributed by atoms with Gasteiger partial charge in [0, 0.05) is 30.0 Å². The molecule has 1 unspecified atom stereocenters. The highest BCUT2D eigenvalue weighted by Crippen LogP contribution is 2.28. The minimum Gasteiger partial charge on any atom is -0.427 e. The van der Waals surface area contributed by atoms with E-state index in [1.165, 1.54) is 24.0 Å². The van der Waals surface area contributed by atoms with Crippen molar-refractivity contribution in [2.75, 3.05) is 18.7 Å². The number of nitrogens with zero attached hydrogens (tertiary/aromatic N) is 4. The number of benzene rings is 1. The first kappa shape index (κ1) is 27.5. The molecule has 0 radical (unpaired) electrons. The molecule has 0 spiro atoms. The van der Waals surface area contributed by atoms with Crippen molar-refractivity contribution in [3.05, 3.63) is 53.0 Å². The van der Waals surface area contributed by atoms with Gasteiger partial charge in [-0.3, -0.25) is 14.4 Å². The summed E-state index contributed by atoms with van der Waals surface area (Å²) in [6.07, 6.45) is 3.84. The Hall–Kier alpha value is -4.52. The van der Waals surface area contributed by atoms with Crippen molar-refractivity contribution < 1.29 is 28.7 Å². The third-order valence-corrected chi connectivity index (χ3v) is 6.26. The van der Waals surface area contributed by atoms with Crippen LogP contribution in [0.5, 0.6) is 0 Å². The van der Waals surface area contributed by atoms with Crippen LogP contribution in [0.15, 0.2) is 30.7 Å². The average molecular weight is 538 g/mol. The van der Waals surface area contributed by atoms with Gasteiger partial charge in [0.1, 0.15) is 17.9 Å². The van der Waals surface area contributed by atoms with Crippen LogP contribution in [-0.4, -0.2) is 68.8 Å². The number of nitrogens with one attached hydrogen (secondary N) is 2. The molecule has 0 aliphatic heterocycles. The lowest BCUT2D eigenvalue weighted by Gasteiger charge is -2.18. The van der Waals surface area contributed by atoms with E-state index in [4.69, 9.17) is 15.2 Å². The van der Waals surface area contributed by atoms with Gasteiger partial charge in [-0.15, -0.1) is 0 Å². The highest BCUT2D eigenvalue weighted by molar-refractivity contribution is 6.05. The zero-order valence-electron chi connectivity index (χ0n) is 22.2. The lowest BCUT2D eigenvalue weighted by atomic mass is 10.1. The molecular formula is C26H31N7O6. The van der Waals surface area contributed by atoms with Crippen LogP contribution in [0.1, 0.15) is 58.5 Å². The smallest absolute Gasteiger partial charge is 0.419 e. The van der Waals surface area contributed by atoms with E-state index in [2.05, 4.69) is 20.7 Å². The van der Waals surface area contributed by atoms with Gasteiger partial charge in [0.25, 0.3) is 11.8 Å². The van der Waals surface area contributed by atoms with E-state index in [0.29, 0.717) is 28.1 Å². The molecule has 0 saturated heterocycles. The number of aryl methyl sites for hydroxylation is 2. The van der Waals surface area contributed by atoms with Crippen molar-refractivity contribution in [1.82, 2.24) is 24.8 Å². The maximum atomic E-state index is 13.3. The van der Waals surface area contributed by atoms with Crippen LogP contribution in [0.25, 0.3) is 5.52 Å². The first-order valence-electron chi connectivity index (χ1n) is 12.5. The summed E-state index contributed by atoms with van der Waals surface area (Å²) in [5.74, 6) is -1.09. The Morgan fingerprint density at radius 1 is 1.21 bits per heavy atom. The van der Waals surface area contributed by atoms with Crippen LogP contribution in [0, 0.1) is 13.8 Å². The van der Waals surface area contributed by atoms with Crippen LogP contribution in [0.2, 0.25) is 0 Å². The number of carbonyl (C=O) groups excluding carboxylic acids is 4. The lowest BCUT2D eigenvalue weighted by Crippen LogP contribution is -2.38. The van der Waals surface area contributed by atoms with Crippen LogP contribution in [0.4, 0.5) is 16.3 Å². The molecule has 1 atom stereocenters. The standard InChI is InChI=1S/C26H31N7O6/c1-5-32(26(37)39-13-38-25(36)16(4)27)24(35)19-11-33-21(15(19)3)22(28-12-29-33)31-20-10-17(7-6-14(20)2)23(34)30-18-8-9-18/h6-7,10-12,16,18H,5,8-9,13,27H2,1-4H3,(H,30,34)(H,28,29,31). The molecule has 1 fully saturated rings. The van der Waals surface area contributed by atoms with Crippen LogP contribution in [0.3, 0.4) is 0 Å². The molecule has 206 valence electrons. The first-order chi connectivity index (χ1) is 18.6. The second-order valence-corrected chi connectivity index (χ2v) is 9.30. The molecule has 39 heavy (non-hydrogen) atoms. The van der Waals surface area contributed by atoms with Gasteiger partial charge in [-0.05, 0) is 63.8 Å². The van der Waals surface area contributed by atoms with E-state index in [9.17, 15) is 19.2 Å². The highest BCUT2D eigenvalue weighted by atomic mass is 16.7. The number of nitrogens with two attached hydrogens (primary N) is 1. The molecule has 3 amide bonds. The molecule has 1 aliphatic rings. The average Bonchev–Trinajstić information content (AvgIpc) is 3.65. The SMILES string of the molecule is CCN(C(=O)OCOC(=O)C(C)N)C(=O)c1cn2ncnc(Nc3cc(C(=O)NC4CC4)ccc3C)c2c1C. The molecule has 1 saturated carbocycles. The number of rotatable bonds is 9. The Balaban J connectivity index is 1.56. The maximum absolute atomic E-state index is 13.3. The zero-order valence-corrected chi connectivity index (χ0v) is 22.2. The third kappa shape index (κ3) is 6.14. The van der Waals surface area contributed by atoms with Gasteiger partial charge in [0.15, 0.2) is 5.82 Å². The van der Waals surface area contributed by atoms with Crippen molar-refractivity contribution in [2.24, 2.45) is 5.73 Å². The summed E-state index contributed by atoms with van der Waals surface area (Å²) in [7, 11) is 0. The minimum absolute atomic E-state index is 0.0101. The van der Waals surface area contributed by atoms with Crippen molar-refractivity contribution in [2.45, 2.75) is 52.6 Å². The zero-order chi connectivity index (χ0) is 28.3. The summed E-state index contributed by atoms with van der Waals surface area (Å²) < 4.78 is 11.2. The normalized spacial score (nSPS) is 13.5. The van der Waals surface area contributed by atoms with E-state index in [1.807, 2.05) is 13.0 Å². The summed E-state index contributed by atoms with van der Waals surface area (Å²) in [4.78, 5) is 55.2. The predicted molar refractivity (Wildman–Crippen MR) is 140 cm³/mol. The monoisotopic (exact) mass is 537 g/mol. The van der Waals surface area contributed by atoms with E-state index in [0.717, 1.165) is 23.3 Å². The Labute approximate surface area is 224 Å². The first-order valence-corrected chi connectivity index (χ1v) is 12.5. The number of aromatic nitrogens is 3. The number of carbonyl (C=O) groups is 4. The number of amides is 3. The summed E-state index contributed by atoms with van der Waals surface area (Å²) in [5.41, 5.74) is 8.74. The Morgan fingerprint density at radius 3 is 2.62 bits per heavy atom. The third-order valence-electron chi connectivity index (χ3n) is 6.26. The number of esters is 1. The second-order valence-electron chi connectivity index (χ2n) is 9.30. The van der Waals surface area contributed by atoms with Gasteiger partial charge in [-0.2, -0.15) is 5.10 Å². The number of hydrogen-bond acceptors (Lipinski definition) is 10. The largest absolute Gasteiger partial charge is 0.427 e. The number of imide groups is 1. The van der Waals surface area contributed by atoms with Gasteiger partial charge in [0.2, 0.25) is 6.79 Å². The van der Waals surface area contributed by atoms with Gasteiger partial charge in [0.05, 0.1) is 5.56 Å². The Bertz CT molecular complexity index is 1430. The van der Waals surface area contributed by atoms with Gasteiger partial charge in [-0.1, -0.05) is 6.07 Å². The van der Waals surface area contributed by atoms with Crippen molar-refractivity contribution in [3.8, 4) is 0 Å². The lowest BCUT2D eigenvalue weighted by molar-refractivity contribution is -0.153. The molecule has 4 rings (SSSR count). The summed E-state index contributed by atoms with van der Waals surface area (Å²) in [5, 5.41) is 10.5. The molecule has 1 aromatic carbocycles. The molecule has 2 heterocycles. The number of ether oxygens (including phenoxy) is 2. The van der Waals surface area contributed by atoms with E-state index >= 15 is 0 Å². The van der Waals surface area contributed by atoms with Gasteiger partial charge < -0.3 is 25.8 Å². The van der Waals surface area contributed by atoms with E-state index in [1.54, 1.807) is 26.0 Å². The summed E-state index contributed by atoms with van der Waals surface area (Å²) in [6.45, 7) is 6.00. The fourth-order valence-electron chi connectivity index (χ4n) is 3.84. The summed E-state index contributed by atoms with van der Waals surface area (Å²) in [6, 6.07) is 4.73. The second kappa shape index (κ2) is 11.5. The van der Waals surface area contributed by atoms with Crippen LogP contribution in [-0.2, 0) is 14.3 Å². The topological polar surface area (TPSA) is 170 Å². The molecule has 0 bridgehead atoms. The molecular weight excluding hydrogens is 506 g/mol. The molecule has 13 nitrogen and oxygen atoms in total. The van der Waals surface area contributed by atoms with Gasteiger partial charge in [-0.25, -0.2) is 19.2 Å². The van der Waals surface area contributed by atoms with E-state index < -0.39 is 30.8 Å². The summed E-state index contributed by atoms with van der Waals surface area (Å²) >= 11 is 0. The maximum Gasteiger partial charge on any atom is 0.419 e. The fourth-order valence-corrected chi connectivity index (χ4v) is 3.84. The fraction of sp³-hybridized carbons (Fsp3) is 0.385. The number of fused-ring (bicyclic) bond motifs is 1. The van der Waals surface area contributed by atoms with Crippen molar-refractivity contribution >= 4 is 40.9 Å². The molecule has 13 heteroatoms. The van der Waals surface area contributed by atoms with Crippen LogP contribution >= 0.6 is 0 Å². The van der Waals surface area contributed by atoms with E-state index in [-0.39, 0.29) is 24.1 Å². The quantitative estimate of drug-likeness (QED) is 0.272. The highest BCUT2D eigenvalue weighted by Gasteiger charge is 2.28. The molecule has 4 N–H and O–H groups in total. The number of anilines is 2. The molecule has 3 aromatic rings. The Morgan fingerprint density at radius 2 is 1.95 bits per heavy atom. The Kier molecular flexibility index (Phi) is 8.10. The minimum atomic E-state index is -0.976. The number of hydrogen-bond donors (Lipinski definition) is 3. The predicted octanol–water partition coefficient (Wildman–Crippen LogP) is 2.43. The van der Waals surface area contributed by atoms with Crippen molar-refractivity contribution in [1.29, 1.82) is 0 Å². The van der Waals surface area contributed by atoms with Crippen molar-refractivity contribution in [3.63, 3.8) is 0 Å². The van der Waals surface area contributed by atoms with Gasteiger partial charge >= 0.3 is 12.1 Å². The van der Waals surface area contributed by atoms with Crippen LogP contribution < -0.4 is 16.4 Å².